The van der Waals surface area contributed by atoms with Crippen LogP contribution in [0, 0.1) is 21.4 Å². The summed E-state index contributed by atoms with van der Waals surface area (Å²) in [6, 6.07) is 6.27. The number of hydrogen-bond donors (Lipinski definition) is 0. The summed E-state index contributed by atoms with van der Waals surface area (Å²) in [6.45, 7) is 1.34. The zero-order valence-corrected chi connectivity index (χ0v) is 18.7. The minimum Gasteiger partial charge on any atom is -0.461 e. The molecule has 1 heterocycles. The van der Waals surface area contributed by atoms with Gasteiger partial charge in [0.25, 0.3) is 5.50 Å². The van der Waals surface area contributed by atoms with Gasteiger partial charge < -0.3 is 14.4 Å². The Bertz CT molecular complexity index is 1140. The second-order valence-corrected chi connectivity index (χ2v) is 8.64. The molecule has 1 unspecified atom stereocenters. The number of nitro groups is 1. The van der Waals surface area contributed by atoms with Crippen LogP contribution in [-0.2, 0) is 24.2 Å². The first-order valence-electron chi connectivity index (χ1n) is 9.01. The normalized spacial score (nSPS) is 16.2. The van der Waals surface area contributed by atoms with Crippen LogP contribution in [0.5, 0.6) is 5.75 Å². The number of rotatable bonds is 8. The molecule has 0 bridgehead atoms. The summed E-state index contributed by atoms with van der Waals surface area (Å²) in [4.78, 5) is 33.8. The number of ether oxygens (including phenoxy) is 2. The van der Waals surface area contributed by atoms with E-state index in [-0.39, 0.29) is 17.9 Å². The molecule has 14 heteroatoms. The SMILES string of the molecule is CCOC(=O)C1=NC(S(C)(=O)=O)N(OC)C(Oc2cc(C#N)ccc2N(C)C)=C1[N+](=O)[O-]. The summed E-state index contributed by atoms with van der Waals surface area (Å²) in [5.74, 6) is -1.95. The van der Waals surface area contributed by atoms with Gasteiger partial charge in [0.2, 0.25) is 5.71 Å². The number of sulfone groups is 1. The average Bonchev–Trinajstić information content (AvgIpc) is 2.71. The van der Waals surface area contributed by atoms with Crippen molar-refractivity contribution < 1.29 is 32.4 Å². The molecule has 0 N–H and O–H groups in total. The van der Waals surface area contributed by atoms with Gasteiger partial charge in [0.1, 0.15) is 0 Å². The van der Waals surface area contributed by atoms with Crippen molar-refractivity contribution in [2.24, 2.45) is 4.99 Å². The minimum atomic E-state index is -4.08. The minimum absolute atomic E-state index is 0.0252. The van der Waals surface area contributed by atoms with E-state index in [0.29, 0.717) is 10.8 Å². The molecule has 0 radical (unpaired) electrons. The maximum atomic E-state index is 12.4. The zero-order chi connectivity index (χ0) is 24.2. The molecule has 0 amide bonds. The van der Waals surface area contributed by atoms with Gasteiger partial charge in [-0.25, -0.2) is 18.2 Å². The van der Waals surface area contributed by atoms with E-state index in [4.69, 9.17) is 14.3 Å². The van der Waals surface area contributed by atoms with E-state index in [1.165, 1.54) is 25.1 Å². The summed E-state index contributed by atoms with van der Waals surface area (Å²) in [7, 11) is 0.309. The molecule has 0 saturated heterocycles. The number of anilines is 1. The molecule has 0 aliphatic carbocycles. The largest absolute Gasteiger partial charge is 0.461 e. The zero-order valence-electron chi connectivity index (χ0n) is 17.9. The van der Waals surface area contributed by atoms with Crippen LogP contribution in [-0.4, -0.2) is 69.7 Å². The maximum absolute atomic E-state index is 12.4. The van der Waals surface area contributed by atoms with Gasteiger partial charge >= 0.3 is 17.5 Å². The van der Waals surface area contributed by atoms with E-state index in [1.54, 1.807) is 19.0 Å². The maximum Gasteiger partial charge on any atom is 0.364 e. The van der Waals surface area contributed by atoms with Gasteiger partial charge in [-0.05, 0) is 19.1 Å². The van der Waals surface area contributed by atoms with Gasteiger partial charge in [0, 0.05) is 26.4 Å². The first kappa shape index (κ1) is 24.6. The van der Waals surface area contributed by atoms with Crippen molar-refractivity contribution in [1.82, 2.24) is 5.06 Å². The Morgan fingerprint density at radius 2 is 2.06 bits per heavy atom. The van der Waals surface area contributed by atoms with Crippen LogP contribution in [0.25, 0.3) is 0 Å². The van der Waals surface area contributed by atoms with E-state index >= 15 is 0 Å². The fourth-order valence-corrected chi connectivity index (χ4v) is 3.54. The molecule has 0 spiro atoms. The molecule has 13 nitrogen and oxygen atoms in total. The highest BCUT2D eigenvalue weighted by Gasteiger charge is 2.47. The standard InChI is InChI=1S/C18H21N5O8S/c1-6-30-17(24)14-15(23(25)26)16(22(29-4)18(20-14)32(5,27)28)31-13-9-11(10-19)7-8-12(13)21(2)3/h7-9,18H,6H2,1-5H3. The molecule has 1 aromatic rings. The monoisotopic (exact) mass is 467 g/mol. The summed E-state index contributed by atoms with van der Waals surface area (Å²) >= 11 is 0. The Hall–Kier alpha value is -3.70. The van der Waals surface area contributed by atoms with Gasteiger partial charge in [-0.15, -0.1) is 0 Å². The van der Waals surface area contributed by atoms with Gasteiger partial charge in [0.05, 0.1) is 36.0 Å². The van der Waals surface area contributed by atoms with Crippen LogP contribution in [0.2, 0.25) is 0 Å². The smallest absolute Gasteiger partial charge is 0.364 e. The van der Waals surface area contributed by atoms with Crippen molar-refractivity contribution in [3.63, 3.8) is 0 Å². The predicted octanol–water partition coefficient (Wildman–Crippen LogP) is 0.658. The Balaban J connectivity index is 2.83. The number of hydrogen-bond acceptors (Lipinski definition) is 12. The highest BCUT2D eigenvalue weighted by molar-refractivity contribution is 7.91. The van der Waals surface area contributed by atoms with Gasteiger partial charge in [-0.1, -0.05) is 0 Å². The summed E-state index contributed by atoms with van der Waals surface area (Å²) < 4.78 is 35.3. The molecule has 32 heavy (non-hydrogen) atoms. The Kier molecular flexibility index (Phi) is 7.39. The molecule has 0 aromatic heterocycles. The van der Waals surface area contributed by atoms with E-state index in [9.17, 15) is 28.6 Å². The molecular weight excluding hydrogens is 446 g/mol. The number of hydroxylamine groups is 2. The summed E-state index contributed by atoms with van der Waals surface area (Å²) in [5.41, 5.74) is -3.10. The van der Waals surface area contributed by atoms with Crippen molar-refractivity contribution in [3.05, 3.63) is 45.5 Å². The summed E-state index contributed by atoms with van der Waals surface area (Å²) in [6.07, 6.45) is 0.812. The lowest BCUT2D eigenvalue weighted by Gasteiger charge is -2.31. The van der Waals surface area contributed by atoms with Gasteiger partial charge in [-0.2, -0.15) is 10.3 Å². The number of nitriles is 1. The molecule has 1 atom stereocenters. The van der Waals surface area contributed by atoms with E-state index in [1.807, 2.05) is 6.07 Å². The van der Waals surface area contributed by atoms with E-state index < -0.39 is 43.5 Å². The first-order chi connectivity index (χ1) is 15.0. The lowest BCUT2D eigenvalue weighted by atomic mass is 10.2. The first-order valence-corrected chi connectivity index (χ1v) is 11.0. The summed E-state index contributed by atoms with van der Waals surface area (Å²) in [5, 5.41) is 21.7. The van der Waals surface area contributed by atoms with Crippen molar-refractivity contribution in [3.8, 4) is 11.8 Å². The van der Waals surface area contributed by atoms with Gasteiger partial charge in [-0.3, -0.25) is 15.0 Å². The third-order valence-electron chi connectivity index (χ3n) is 4.08. The Labute approximate surface area is 184 Å². The van der Waals surface area contributed by atoms with E-state index in [0.717, 1.165) is 13.4 Å². The molecular formula is C18H21N5O8S. The number of aliphatic imine (C=N–C) groups is 1. The highest BCUT2D eigenvalue weighted by Crippen LogP contribution is 2.34. The van der Waals surface area contributed by atoms with Crippen LogP contribution >= 0.6 is 0 Å². The van der Waals surface area contributed by atoms with Crippen LogP contribution in [0.3, 0.4) is 0 Å². The average molecular weight is 467 g/mol. The van der Waals surface area contributed by atoms with Crippen LogP contribution in [0.1, 0.15) is 12.5 Å². The van der Waals surface area contributed by atoms with E-state index in [2.05, 4.69) is 4.99 Å². The van der Waals surface area contributed by atoms with Crippen LogP contribution in [0.4, 0.5) is 5.69 Å². The number of nitrogens with zero attached hydrogens (tertiary/aromatic N) is 5. The number of esters is 1. The Morgan fingerprint density at radius 1 is 1.41 bits per heavy atom. The highest BCUT2D eigenvalue weighted by atomic mass is 32.2. The fourth-order valence-electron chi connectivity index (χ4n) is 2.72. The van der Waals surface area contributed by atoms with Crippen molar-refractivity contribution in [2.45, 2.75) is 12.4 Å². The topological polar surface area (TPSA) is 165 Å². The quantitative estimate of drug-likeness (QED) is 0.299. The molecule has 0 saturated carbocycles. The number of carbonyl (C=O) groups is 1. The van der Waals surface area contributed by atoms with Crippen LogP contribution in [0.15, 0.2) is 34.8 Å². The second-order valence-electron chi connectivity index (χ2n) is 6.56. The van der Waals surface area contributed by atoms with Gasteiger partial charge in [0.15, 0.2) is 15.6 Å². The molecule has 1 aromatic carbocycles. The Morgan fingerprint density at radius 3 is 2.53 bits per heavy atom. The van der Waals surface area contributed by atoms with Crippen LogP contribution < -0.4 is 9.64 Å². The molecule has 0 fully saturated rings. The fraction of sp³-hybridized carbons (Fsp3) is 0.389. The number of carbonyl (C=O) groups excluding carboxylic acids is 1. The third-order valence-corrected chi connectivity index (χ3v) is 5.14. The number of benzene rings is 1. The molecule has 2 rings (SSSR count). The second kappa shape index (κ2) is 9.62. The third kappa shape index (κ3) is 4.95. The lowest BCUT2D eigenvalue weighted by molar-refractivity contribution is -0.421. The van der Waals surface area contributed by atoms with Crippen molar-refractivity contribution in [1.29, 1.82) is 5.26 Å². The molecule has 172 valence electrons. The predicted molar refractivity (Wildman–Crippen MR) is 112 cm³/mol. The molecule has 1 aliphatic rings. The lowest BCUT2D eigenvalue weighted by Crippen LogP contribution is -2.47. The van der Waals surface area contributed by atoms with Crippen molar-refractivity contribution in [2.75, 3.05) is 39.0 Å². The molecule has 1 aliphatic heterocycles. The van der Waals surface area contributed by atoms with Crippen molar-refractivity contribution >= 4 is 27.2 Å².